The smallest absolute Gasteiger partial charge is 0.255 e. The Balaban J connectivity index is 2.70. The molecule has 0 bridgehead atoms. The van der Waals surface area contributed by atoms with Crippen LogP contribution in [0, 0.1) is 0 Å². The van der Waals surface area contributed by atoms with Gasteiger partial charge in [-0.25, -0.2) is 0 Å². The summed E-state index contributed by atoms with van der Waals surface area (Å²) >= 11 is 0. The monoisotopic (exact) mass is 249 g/mol. The Hall–Kier alpha value is -1.55. The van der Waals surface area contributed by atoms with Gasteiger partial charge in [0, 0.05) is 25.8 Å². The fourth-order valence-electron chi connectivity index (χ4n) is 1.81. The summed E-state index contributed by atoms with van der Waals surface area (Å²) in [5, 5.41) is 6.30. The lowest BCUT2D eigenvalue weighted by Crippen LogP contribution is -2.30. The maximum absolute atomic E-state index is 12.3. The van der Waals surface area contributed by atoms with E-state index in [0.717, 1.165) is 37.3 Å². The van der Waals surface area contributed by atoms with Crippen LogP contribution in [0.2, 0.25) is 0 Å². The molecule has 1 aromatic rings. The van der Waals surface area contributed by atoms with E-state index in [4.69, 9.17) is 0 Å². The molecule has 1 rings (SSSR count). The van der Waals surface area contributed by atoms with E-state index in [1.807, 2.05) is 45.3 Å². The van der Waals surface area contributed by atoms with Gasteiger partial charge in [0.15, 0.2) is 0 Å². The Bertz CT molecular complexity index is 379. The SMILES string of the molecule is CCNc1ccccc1C(=O)N(C)CCCNC. The summed E-state index contributed by atoms with van der Waals surface area (Å²) in [5.74, 6) is 0.0719. The third-order valence-corrected chi connectivity index (χ3v) is 2.79. The molecule has 0 unspecified atom stereocenters. The molecule has 0 heterocycles. The lowest BCUT2D eigenvalue weighted by atomic mass is 10.1. The minimum Gasteiger partial charge on any atom is -0.385 e. The summed E-state index contributed by atoms with van der Waals surface area (Å²) in [5.41, 5.74) is 1.65. The number of carbonyl (C=O) groups excluding carboxylic acids is 1. The number of hydrogen-bond donors (Lipinski definition) is 2. The number of amides is 1. The van der Waals surface area contributed by atoms with E-state index >= 15 is 0 Å². The third-order valence-electron chi connectivity index (χ3n) is 2.79. The summed E-state index contributed by atoms with van der Waals surface area (Å²) in [6, 6.07) is 7.65. The Morgan fingerprint density at radius 3 is 2.72 bits per heavy atom. The van der Waals surface area contributed by atoms with Crippen LogP contribution in [-0.4, -0.2) is 44.5 Å². The van der Waals surface area contributed by atoms with Crippen molar-refractivity contribution in [1.29, 1.82) is 0 Å². The number of hydrogen-bond acceptors (Lipinski definition) is 3. The average Bonchev–Trinajstić information content (AvgIpc) is 2.39. The molecule has 2 N–H and O–H groups in total. The van der Waals surface area contributed by atoms with Crippen molar-refractivity contribution in [1.82, 2.24) is 10.2 Å². The van der Waals surface area contributed by atoms with Crippen LogP contribution in [0.4, 0.5) is 5.69 Å². The van der Waals surface area contributed by atoms with E-state index < -0.39 is 0 Å². The first-order valence-corrected chi connectivity index (χ1v) is 6.43. The summed E-state index contributed by atoms with van der Waals surface area (Å²) in [6.45, 7) is 4.53. The number of rotatable bonds is 7. The largest absolute Gasteiger partial charge is 0.385 e. The van der Waals surface area contributed by atoms with Gasteiger partial charge in [-0.05, 0) is 39.1 Å². The highest BCUT2D eigenvalue weighted by Crippen LogP contribution is 2.16. The van der Waals surface area contributed by atoms with Gasteiger partial charge in [-0.2, -0.15) is 0 Å². The van der Waals surface area contributed by atoms with Crippen molar-refractivity contribution in [3.63, 3.8) is 0 Å². The van der Waals surface area contributed by atoms with Gasteiger partial charge >= 0.3 is 0 Å². The quantitative estimate of drug-likeness (QED) is 0.724. The molecule has 100 valence electrons. The number of carbonyl (C=O) groups is 1. The van der Waals surface area contributed by atoms with Gasteiger partial charge in [-0.1, -0.05) is 12.1 Å². The Labute approximate surface area is 109 Å². The zero-order valence-electron chi connectivity index (χ0n) is 11.5. The van der Waals surface area contributed by atoms with E-state index in [2.05, 4.69) is 10.6 Å². The normalized spacial score (nSPS) is 10.2. The van der Waals surface area contributed by atoms with Crippen molar-refractivity contribution >= 4 is 11.6 Å². The summed E-state index contributed by atoms with van der Waals surface area (Å²) in [4.78, 5) is 14.1. The molecule has 0 aromatic heterocycles. The lowest BCUT2D eigenvalue weighted by Gasteiger charge is -2.19. The predicted octanol–water partition coefficient (Wildman–Crippen LogP) is 1.80. The standard InChI is InChI=1S/C14H23N3O/c1-4-16-13-9-6-5-8-12(13)14(18)17(3)11-7-10-15-2/h5-6,8-9,15-16H,4,7,10-11H2,1-3H3. The van der Waals surface area contributed by atoms with Crippen LogP contribution < -0.4 is 10.6 Å². The fourth-order valence-corrected chi connectivity index (χ4v) is 1.81. The van der Waals surface area contributed by atoms with Gasteiger partial charge in [-0.15, -0.1) is 0 Å². The summed E-state index contributed by atoms with van der Waals surface area (Å²) in [7, 11) is 3.77. The lowest BCUT2D eigenvalue weighted by molar-refractivity contribution is 0.0794. The molecule has 4 nitrogen and oxygen atoms in total. The molecular formula is C14H23N3O. The van der Waals surface area contributed by atoms with E-state index in [-0.39, 0.29) is 5.91 Å². The molecule has 4 heteroatoms. The summed E-state index contributed by atoms with van der Waals surface area (Å²) < 4.78 is 0. The van der Waals surface area contributed by atoms with Crippen LogP contribution in [0.1, 0.15) is 23.7 Å². The topological polar surface area (TPSA) is 44.4 Å². The average molecular weight is 249 g/mol. The van der Waals surface area contributed by atoms with Crippen LogP contribution in [0.15, 0.2) is 24.3 Å². The first-order valence-electron chi connectivity index (χ1n) is 6.43. The second-order valence-corrected chi connectivity index (χ2v) is 4.26. The molecule has 0 fully saturated rings. The molecule has 0 aliphatic rings. The van der Waals surface area contributed by atoms with Crippen molar-refractivity contribution in [3.8, 4) is 0 Å². The van der Waals surface area contributed by atoms with E-state index in [1.165, 1.54) is 0 Å². The number of nitrogens with one attached hydrogen (secondary N) is 2. The molecule has 1 aromatic carbocycles. The van der Waals surface area contributed by atoms with Crippen molar-refractivity contribution in [2.24, 2.45) is 0 Å². The maximum atomic E-state index is 12.3. The second-order valence-electron chi connectivity index (χ2n) is 4.26. The third kappa shape index (κ3) is 4.04. The van der Waals surface area contributed by atoms with Crippen molar-refractivity contribution < 1.29 is 4.79 Å². The summed E-state index contributed by atoms with van der Waals surface area (Å²) in [6.07, 6.45) is 0.960. The number of anilines is 1. The van der Waals surface area contributed by atoms with E-state index in [0.29, 0.717) is 0 Å². The van der Waals surface area contributed by atoms with E-state index in [9.17, 15) is 4.79 Å². The van der Waals surface area contributed by atoms with Crippen LogP contribution >= 0.6 is 0 Å². The highest BCUT2D eigenvalue weighted by molar-refractivity contribution is 5.99. The molecule has 0 aliphatic carbocycles. The first-order chi connectivity index (χ1) is 8.70. The fraction of sp³-hybridized carbons (Fsp3) is 0.500. The van der Waals surface area contributed by atoms with Gasteiger partial charge in [0.05, 0.1) is 5.56 Å². The molecule has 0 saturated carbocycles. The van der Waals surface area contributed by atoms with Gasteiger partial charge in [0.2, 0.25) is 0 Å². The molecule has 18 heavy (non-hydrogen) atoms. The number of para-hydroxylation sites is 1. The first kappa shape index (κ1) is 14.5. The van der Waals surface area contributed by atoms with E-state index in [1.54, 1.807) is 4.90 Å². The minimum atomic E-state index is 0.0719. The second kappa shape index (κ2) is 7.71. The van der Waals surface area contributed by atoms with Gasteiger partial charge < -0.3 is 15.5 Å². The van der Waals surface area contributed by atoms with Crippen LogP contribution in [0.25, 0.3) is 0 Å². The molecule has 0 spiro atoms. The van der Waals surface area contributed by atoms with Crippen molar-refractivity contribution in [2.75, 3.05) is 39.0 Å². The molecule has 0 atom stereocenters. The highest BCUT2D eigenvalue weighted by Gasteiger charge is 2.14. The molecule has 0 radical (unpaired) electrons. The molecule has 1 amide bonds. The van der Waals surface area contributed by atoms with Crippen LogP contribution in [-0.2, 0) is 0 Å². The Morgan fingerprint density at radius 2 is 2.06 bits per heavy atom. The number of benzene rings is 1. The van der Waals surface area contributed by atoms with Crippen LogP contribution in [0.3, 0.4) is 0 Å². The zero-order valence-corrected chi connectivity index (χ0v) is 11.5. The van der Waals surface area contributed by atoms with Gasteiger partial charge in [-0.3, -0.25) is 4.79 Å². The van der Waals surface area contributed by atoms with Crippen LogP contribution in [0.5, 0.6) is 0 Å². The highest BCUT2D eigenvalue weighted by atomic mass is 16.2. The maximum Gasteiger partial charge on any atom is 0.255 e. The number of nitrogens with zero attached hydrogens (tertiary/aromatic N) is 1. The predicted molar refractivity (Wildman–Crippen MR) is 76.1 cm³/mol. The minimum absolute atomic E-state index is 0.0719. The van der Waals surface area contributed by atoms with Gasteiger partial charge in [0.1, 0.15) is 0 Å². The van der Waals surface area contributed by atoms with Gasteiger partial charge in [0.25, 0.3) is 5.91 Å². The Kier molecular flexibility index (Phi) is 6.22. The van der Waals surface area contributed by atoms with Crippen molar-refractivity contribution in [3.05, 3.63) is 29.8 Å². The van der Waals surface area contributed by atoms with Crippen molar-refractivity contribution in [2.45, 2.75) is 13.3 Å². The zero-order chi connectivity index (χ0) is 13.4. The molecule has 0 saturated heterocycles. The molecule has 0 aliphatic heterocycles. The Morgan fingerprint density at radius 1 is 1.33 bits per heavy atom. The molecular weight excluding hydrogens is 226 g/mol.